The number of anilines is 1. The van der Waals surface area contributed by atoms with E-state index in [0.717, 1.165) is 0 Å². The van der Waals surface area contributed by atoms with Gasteiger partial charge in [-0.15, -0.1) is 0 Å². The quantitative estimate of drug-likeness (QED) is 0.736. The Morgan fingerprint density at radius 1 is 1.24 bits per heavy atom. The van der Waals surface area contributed by atoms with Gasteiger partial charge in [0.25, 0.3) is 5.91 Å². The summed E-state index contributed by atoms with van der Waals surface area (Å²) in [6.07, 6.45) is 2.74. The van der Waals surface area contributed by atoms with Gasteiger partial charge < -0.3 is 16.8 Å². The molecule has 1 aliphatic rings. The first kappa shape index (κ1) is 15.3. The average Bonchev–Trinajstić information content (AvgIpc) is 2.44. The Balaban J connectivity index is 1.98. The molecule has 0 spiro atoms. The molecule has 21 heavy (non-hydrogen) atoms. The van der Waals surface area contributed by atoms with Crippen molar-refractivity contribution in [3.05, 3.63) is 29.1 Å². The minimum atomic E-state index is -0.488. The van der Waals surface area contributed by atoms with Crippen molar-refractivity contribution in [2.45, 2.75) is 38.6 Å². The highest BCUT2D eigenvalue weighted by atomic mass is 19.1. The van der Waals surface area contributed by atoms with Gasteiger partial charge in [-0.25, -0.2) is 4.39 Å². The lowest BCUT2D eigenvalue weighted by atomic mass is 9.85. The molecule has 1 aromatic rings. The second kappa shape index (κ2) is 6.11. The Hall–Kier alpha value is -2.11. The van der Waals surface area contributed by atoms with Gasteiger partial charge in [0, 0.05) is 28.8 Å². The third kappa shape index (κ3) is 3.51. The molecule has 5 N–H and O–H groups in total. The first-order chi connectivity index (χ1) is 9.88. The van der Waals surface area contributed by atoms with E-state index >= 15 is 0 Å². The summed E-state index contributed by atoms with van der Waals surface area (Å²) < 4.78 is 13.6. The molecule has 0 unspecified atom stereocenters. The Bertz CT molecular complexity index is 543. The van der Waals surface area contributed by atoms with Crippen molar-refractivity contribution < 1.29 is 14.0 Å². The molecule has 2 rings (SSSR count). The molecule has 1 saturated carbocycles. The number of nitrogen functional groups attached to an aromatic ring is 1. The number of rotatable bonds is 3. The summed E-state index contributed by atoms with van der Waals surface area (Å²) in [6.45, 7) is 1.57. The Kier molecular flexibility index (Phi) is 4.45. The fourth-order valence-corrected chi connectivity index (χ4v) is 2.62. The van der Waals surface area contributed by atoms with E-state index in [9.17, 15) is 14.0 Å². The molecule has 1 aromatic carbocycles. The molecule has 0 saturated heterocycles. The van der Waals surface area contributed by atoms with Gasteiger partial charge in [-0.05, 0) is 44.7 Å². The van der Waals surface area contributed by atoms with Crippen LogP contribution in [0.1, 0.15) is 41.6 Å². The van der Waals surface area contributed by atoms with E-state index in [1.165, 1.54) is 12.1 Å². The Morgan fingerprint density at radius 3 is 2.38 bits per heavy atom. The maximum atomic E-state index is 13.6. The average molecular weight is 293 g/mol. The van der Waals surface area contributed by atoms with Gasteiger partial charge in [0.2, 0.25) is 5.91 Å². The number of carbonyl (C=O) groups is 2. The molecule has 0 aromatic heterocycles. The summed E-state index contributed by atoms with van der Waals surface area (Å²) in [4.78, 5) is 23.2. The van der Waals surface area contributed by atoms with Crippen LogP contribution >= 0.6 is 0 Å². The van der Waals surface area contributed by atoms with Crippen LogP contribution < -0.4 is 16.8 Å². The molecule has 2 amide bonds. The minimum absolute atomic E-state index is 0.0151. The van der Waals surface area contributed by atoms with Crippen molar-refractivity contribution in [1.29, 1.82) is 0 Å². The number of halogens is 1. The Morgan fingerprint density at radius 2 is 1.86 bits per heavy atom. The monoisotopic (exact) mass is 293 g/mol. The van der Waals surface area contributed by atoms with Crippen molar-refractivity contribution >= 4 is 17.5 Å². The molecule has 0 heterocycles. The first-order valence-electron chi connectivity index (χ1n) is 7.04. The van der Waals surface area contributed by atoms with Crippen molar-refractivity contribution in [2.75, 3.05) is 5.73 Å². The van der Waals surface area contributed by atoms with E-state index in [-0.39, 0.29) is 35.0 Å². The largest absolute Gasteiger partial charge is 0.398 e. The lowest BCUT2D eigenvalue weighted by Crippen LogP contribution is -2.39. The van der Waals surface area contributed by atoms with Crippen molar-refractivity contribution in [3.8, 4) is 0 Å². The molecule has 6 heteroatoms. The number of hydrogen-bond acceptors (Lipinski definition) is 3. The van der Waals surface area contributed by atoms with E-state index < -0.39 is 5.82 Å². The minimum Gasteiger partial charge on any atom is -0.398 e. The zero-order valence-electron chi connectivity index (χ0n) is 12.0. The smallest absolute Gasteiger partial charge is 0.251 e. The zero-order chi connectivity index (χ0) is 15.6. The summed E-state index contributed by atoms with van der Waals surface area (Å²) in [5.41, 5.74) is 11.8. The molecule has 0 bridgehead atoms. The summed E-state index contributed by atoms with van der Waals surface area (Å²) >= 11 is 0. The van der Waals surface area contributed by atoms with Gasteiger partial charge in [0.15, 0.2) is 0 Å². The van der Waals surface area contributed by atoms with Crippen LogP contribution in [0.4, 0.5) is 10.1 Å². The summed E-state index contributed by atoms with van der Waals surface area (Å²) in [5.74, 6) is -1.22. The molecule has 5 nitrogen and oxygen atoms in total. The molecule has 1 fully saturated rings. The fourth-order valence-electron chi connectivity index (χ4n) is 2.62. The van der Waals surface area contributed by atoms with Crippen molar-refractivity contribution in [1.82, 2.24) is 5.32 Å². The maximum absolute atomic E-state index is 13.6. The summed E-state index contributed by atoms with van der Waals surface area (Å²) in [6, 6.07) is 2.65. The predicted molar refractivity (Wildman–Crippen MR) is 78.0 cm³/mol. The standard InChI is InChI=1S/C15H20FN3O2/c1-8-12(16)6-10(7-13(8)17)15(21)19-11-4-2-9(3-5-11)14(18)20/h6-7,9,11H,2-5,17H2,1H3,(H2,18,20)(H,19,21). The molecule has 1 aliphatic carbocycles. The topological polar surface area (TPSA) is 98.2 Å². The van der Waals surface area contributed by atoms with E-state index in [0.29, 0.717) is 31.2 Å². The third-order valence-corrected chi connectivity index (χ3v) is 4.11. The van der Waals surface area contributed by atoms with Crippen LogP contribution in [0, 0.1) is 18.7 Å². The highest BCUT2D eigenvalue weighted by Crippen LogP contribution is 2.24. The number of hydrogen-bond donors (Lipinski definition) is 3. The number of amides is 2. The molecule has 0 aliphatic heterocycles. The Labute approximate surface area is 122 Å². The van der Waals surface area contributed by atoms with Crippen LogP contribution in [-0.2, 0) is 4.79 Å². The highest BCUT2D eigenvalue weighted by molar-refractivity contribution is 5.95. The van der Waals surface area contributed by atoms with Crippen LogP contribution in [0.2, 0.25) is 0 Å². The molecule has 114 valence electrons. The molecular weight excluding hydrogens is 273 g/mol. The van der Waals surface area contributed by atoms with Crippen LogP contribution in [0.5, 0.6) is 0 Å². The number of nitrogens with two attached hydrogens (primary N) is 2. The summed E-state index contributed by atoms with van der Waals surface area (Å²) in [5, 5.41) is 2.86. The normalized spacial score (nSPS) is 21.8. The fraction of sp³-hybridized carbons (Fsp3) is 0.467. The van der Waals surface area contributed by atoms with E-state index in [1.54, 1.807) is 6.92 Å². The predicted octanol–water partition coefficient (Wildman–Crippen LogP) is 1.49. The van der Waals surface area contributed by atoms with Gasteiger partial charge in [0.1, 0.15) is 5.82 Å². The second-order valence-corrected chi connectivity index (χ2v) is 5.60. The SMILES string of the molecule is Cc1c(N)cc(C(=O)NC2CCC(C(N)=O)CC2)cc1F. The number of primary amides is 1. The van der Waals surface area contributed by atoms with E-state index in [1.807, 2.05) is 0 Å². The number of carbonyl (C=O) groups excluding carboxylic acids is 2. The van der Waals surface area contributed by atoms with Gasteiger partial charge in [-0.2, -0.15) is 0 Å². The van der Waals surface area contributed by atoms with Gasteiger partial charge in [-0.1, -0.05) is 0 Å². The molecule has 0 radical (unpaired) electrons. The van der Waals surface area contributed by atoms with Crippen LogP contribution in [0.3, 0.4) is 0 Å². The number of nitrogens with one attached hydrogen (secondary N) is 1. The van der Waals surface area contributed by atoms with Crippen LogP contribution in [-0.4, -0.2) is 17.9 Å². The van der Waals surface area contributed by atoms with E-state index in [4.69, 9.17) is 11.5 Å². The maximum Gasteiger partial charge on any atom is 0.251 e. The highest BCUT2D eigenvalue weighted by Gasteiger charge is 2.26. The second-order valence-electron chi connectivity index (χ2n) is 5.60. The number of benzene rings is 1. The van der Waals surface area contributed by atoms with E-state index in [2.05, 4.69) is 5.32 Å². The molecule has 0 atom stereocenters. The zero-order valence-corrected chi connectivity index (χ0v) is 12.0. The van der Waals surface area contributed by atoms with Gasteiger partial charge in [-0.3, -0.25) is 9.59 Å². The van der Waals surface area contributed by atoms with Crippen molar-refractivity contribution in [2.24, 2.45) is 11.7 Å². The van der Waals surface area contributed by atoms with Crippen LogP contribution in [0.15, 0.2) is 12.1 Å². The summed E-state index contributed by atoms with van der Waals surface area (Å²) in [7, 11) is 0. The van der Waals surface area contributed by atoms with Crippen LogP contribution in [0.25, 0.3) is 0 Å². The first-order valence-corrected chi connectivity index (χ1v) is 7.04. The third-order valence-electron chi connectivity index (χ3n) is 4.11. The van der Waals surface area contributed by atoms with Gasteiger partial charge >= 0.3 is 0 Å². The van der Waals surface area contributed by atoms with Gasteiger partial charge in [0.05, 0.1) is 0 Å². The van der Waals surface area contributed by atoms with Crippen molar-refractivity contribution in [3.63, 3.8) is 0 Å². The molecular formula is C15H20FN3O2. The lowest BCUT2D eigenvalue weighted by molar-refractivity contribution is -0.122. The lowest BCUT2D eigenvalue weighted by Gasteiger charge is -2.27.